The van der Waals surface area contributed by atoms with Crippen LogP contribution >= 0.6 is 18.6 Å². The van der Waals surface area contributed by atoms with Crippen molar-refractivity contribution in [2.24, 2.45) is 0 Å². The second kappa shape index (κ2) is 9.27. The molecule has 0 atom stereocenters. The molecule has 3 aromatic carbocycles. The van der Waals surface area contributed by atoms with E-state index in [1.807, 2.05) is 24.3 Å². The van der Waals surface area contributed by atoms with Gasteiger partial charge < -0.3 is 13.9 Å². The second-order valence-corrected chi connectivity index (χ2v) is 12.1. The lowest BCUT2D eigenvalue weighted by molar-refractivity contribution is 0.312. The van der Waals surface area contributed by atoms with Crippen molar-refractivity contribution in [2.45, 2.75) is 0 Å². The first kappa shape index (κ1) is 21.5. The van der Waals surface area contributed by atoms with E-state index in [1.165, 1.54) is 15.2 Å². The molecule has 2 aromatic heterocycles. The first-order valence-electron chi connectivity index (χ1n) is 10.6. The summed E-state index contributed by atoms with van der Waals surface area (Å²) in [5.41, 5.74) is 0.978. The van der Waals surface area contributed by atoms with E-state index in [1.54, 1.807) is 25.6 Å². The van der Waals surface area contributed by atoms with Crippen molar-refractivity contribution in [3.8, 4) is 23.0 Å². The molecule has 5 aromatic rings. The number of thiophene rings is 1. The molecule has 164 valence electrons. The normalized spacial score (nSPS) is 11.3. The Bertz CT molecular complexity index is 1270. The second-order valence-electron chi connectivity index (χ2n) is 7.51. The molecule has 0 fully saturated rings. The third-order valence-electron chi connectivity index (χ3n) is 5.72. The molecule has 0 saturated heterocycles. The van der Waals surface area contributed by atoms with Gasteiger partial charge in [0.05, 0.1) is 14.2 Å². The van der Waals surface area contributed by atoms with E-state index >= 15 is 0 Å². The van der Waals surface area contributed by atoms with Crippen LogP contribution in [-0.2, 0) is 0 Å². The average Bonchev–Trinajstić information content (AvgIpc) is 3.57. The number of ether oxygens (including phenoxy) is 2. The Morgan fingerprint density at radius 1 is 0.697 bits per heavy atom. The van der Waals surface area contributed by atoms with E-state index in [2.05, 4.69) is 84.2 Å². The van der Waals surface area contributed by atoms with E-state index in [4.69, 9.17) is 13.9 Å². The largest absolute Gasteiger partial charge is 0.497 e. The highest BCUT2D eigenvalue weighted by Crippen LogP contribution is 2.58. The fourth-order valence-electron chi connectivity index (χ4n) is 4.21. The number of hydrogen-bond acceptors (Lipinski definition) is 4. The summed E-state index contributed by atoms with van der Waals surface area (Å²) in [7, 11) is 1.10. The van der Waals surface area contributed by atoms with Gasteiger partial charge in [-0.15, -0.1) is 11.3 Å². The van der Waals surface area contributed by atoms with Crippen LogP contribution in [0.25, 0.3) is 11.3 Å². The third-order valence-corrected chi connectivity index (χ3v) is 11.5. The fourth-order valence-corrected chi connectivity index (χ4v) is 10.3. The molecule has 5 heteroatoms. The van der Waals surface area contributed by atoms with Gasteiger partial charge in [0.2, 0.25) is 0 Å². The molecule has 0 unspecified atom stereocenters. The molecule has 5 rings (SSSR count). The van der Waals surface area contributed by atoms with Gasteiger partial charge in [-0.3, -0.25) is 0 Å². The Balaban J connectivity index is 1.82. The van der Waals surface area contributed by atoms with Crippen molar-refractivity contribution in [1.82, 2.24) is 0 Å². The van der Waals surface area contributed by atoms with Gasteiger partial charge in [0.25, 0.3) is 0 Å². The Hall–Kier alpha value is -3.33. The summed E-state index contributed by atoms with van der Waals surface area (Å²) < 4.78 is 18.9. The third kappa shape index (κ3) is 3.76. The molecule has 33 heavy (non-hydrogen) atoms. The first-order chi connectivity index (χ1) is 16.3. The van der Waals surface area contributed by atoms with Gasteiger partial charge in [0, 0.05) is 11.6 Å². The van der Waals surface area contributed by atoms with Crippen LogP contribution in [0, 0.1) is 0 Å². The minimum absolute atomic E-state index is 0.551. The van der Waals surface area contributed by atoms with E-state index in [9.17, 15) is 0 Å². The molecular formula is C28H24O3PS+. The van der Waals surface area contributed by atoms with Gasteiger partial charge in [0.15, 0.2) is 17.2 Å². The van der Waals surface area contributed by atoms with Gasteiger partial charge in [-0.1, -0.05) is 36.4 Å². The molecule has 0 saturated carbocycles. The Morgan fingerprint density at radius 3 is 1.85 bits per heavy atom. The van der Waals surface area contributed by atoms with Gasteiger partial charge in [-0.2, -0.15) is 0 Å². The molecule has 2 heterocycles. The Morgan fingerprint density at radius 2 is 1.33 bits per heavy atom. The summed E-state index contributed by atoms with van der Waals surface area (Å²) >= 11 is 1.78. The first-order valence-corrected chi connectivity index (χ1v) is 13.3. The van der Waals surface area contributed by atoms with Crippen LogP contribution < -0.4 is 30.0 Å². The SMILES string of the molecule is COc1ccc(-c2cc([P+](c3ccccc3)(c3ccccc3)c3cccs3)c(OC)o2)cc1. The maximum Gasteiger partial charge on any atom is 0.330 e. The molecule has 0 aliphatic heterocycles. The summed E-state index contributed by atoms with van der Waals surface area (Å²) in [5, 5.41) is 5.75. The van der Waals surface area contributed by atoms with Crippen LogP contribution in [0.2, 0.25) is 0 Å². The van der Waals surface area contributed by atoms with E-state index in [0.29, 0.717) is 5.95 Å². The standard InChI is InChI=1S/C28H24O3PS/c1-29-22-17-15-21(16-18-22)25-20-26(28(30-2)31-25)32(27-14-9-19-33-27,23-10-5-3-6-11-23)24-12-7-4-8-13-24/h3-20H,1-2H3/q+1. The smallest absolute Gasteiger partial charge is 0.330 e. The molecule has 0 bridgehead atoms. The number of methoxy groups -OCH3 is 2. The molecule has 0 radical (unpaired) electrons. The summed E-state index contributed by atoms with van der Waals surface area (Å²) in [6, 6.07) is 35.9. The highest BCUT2D eigenvalue weighted by Gasteiger charge is 2.52. The van der Waals surface area contributed by atoms with Crippen LogP contribution in [0.5, 0.6) is 11.7 Å². The zero-order valence-corrected chi connectivity index (χ0v) is 20.2. The number of hydrogen-bond donors (Lipinski definition) is 0. The zero-order valence-electron chi connectivity index (χ0n) is 18.5. The van der Waals surface area contributed by atoms with Crippen LogP contribution in [0.15, 0.2) is 113 Å². The molecule has 0 N–H and O–H groups in total. The summed E-state index contributed by atoms with van der Waals surface area (Å²) in [4.78, 5) is 0. The van der Waals surface area contributed by atoms with Crippen molar-refractivity contribution in [3.63, 3.8) is 0 Å². The van der Waals surface area contributed by atoms with Crippen molar-refractivity contribution in [3.05, 3.63) is 109 Å². The lowest BCUT2D eigenvalue weighted by atomic mass is 10.2. The van der Waals surface area contributed by atoms with E-state index in [0.717, 1.165) is 22.4 Å². The van der Waals surface area contributed by atoms with Crippen LogP contribution in [0.4, 0.5) is 0 Å². The topological polar surface area (TPSA) is 31.6 Å². The van der Waals surface area contributed by atoms with Gasteiger partial charge >= 0.3 is 5.95 Å². The summed E-state index contributed by atoms with van der Waals surface area (Å²) in [6.45, 7) is 0. The average molecular weight is 472 g/mol. The lowest BCUT2D eigenvalue weighted by Crippen LogP contribution is -2.37. The summed E-state index contributed by atoms with van der Waals surface area (Å²) in [5.74, 6) is 2.14. The maximum absolute atomic E-state index is 6.34. The summed E-state index contributed by atoms with van der Waals surface area (Å²) in [6.07, 6.45) is 0. The Kier molecular flexibility index (Phi) is 6.04. The predicted octanol–water partition coefficient (Wildman–Crippen LogP) is 5.64. The van der Waals surface area contributed by atoms with Crippen molar-refractivity contribution in [2.75, 3.05) is 14.2 Å². The monoisotopic (exact) mass is 471 g/mol. The van der Waals surface area contributed by atoms with Crippen LogP contribution in [-0.4, -0.2) is 14.2 Å². The molecular weight excluding hydrogens is 447 g/mol. The predicted molar refractivity (Wildman–Crippen MR) is 140 cm³/mol. The fraction of sp³-hybridized carbons (Fsp3) is 0.0714. The number of benzene rings is 3. The minimum atomic E-state index is -2.25. The quantitative estimate of drug-likeness (QED) is 0.288. The number of rotatable bonds is 7. The maximum atomic E-state index is 6.34. The van der Waals surface area contributed by atoms with Crippen molar-refractivity contribution < 1.29 is 13.9 Å². The lowest BCUT2D eigenvalue weighted by Gasteiger charge is -2.24. The molecule has 0 amide bonds. The van der Waals surface area contributed by atoms with Crippen molar-refractivity contribution in [1.29, 1.82) is 0 Å². The molecule has 0 aliphatic carbocycles. The van der Waals surface area contributed by atoms with Crippen LogP contribution in [0.3, 0.4) is 0 Å². The molecule has 3 nitrogen and oxygen atoms in total. The molecule has 0 spiro atoms. The molecule has 0 aliphatic rings. The van der Waals surface area contributed by atoms with E-state index < -0.39 is 7.26 Å². The van der Waals surface area contributed by atoms with Gasteiger partial charge in [0.1, 0.15) is 22.1 Å². The highest BCUT2D eigenvalue weighted by atomic mass is 32.1. The Labute approximate surface area is 198 Å². The number of furan rings is 1. The highest BCUT2D eigenvalue weighted by molar-refractivity contribution is 8.04. The minimum Gasteiger partial charge on any atom is -0.497 e. The van der Waals surface area contributed by atoms with Gasteiger partial charge in [-0.25, -0.2) is 0 Å². The zero-order chi connectivity index (χ0) is 22.7. The van der Waals surface area contributed by atoms with Gasteiger partial charge in [-0.05, 0) is 66.0 Å². The van der Waals surface area contributed by atoms with Crippen LogP contribution in [0.1, 0.15) is 0 Å². The van der Waals surface area contributed by atoms with E-state index in [-0.39, 0.29) is 0 Å². The van der Waals surface area contributed by atoms with Crippen molar-refractivity contribution >= 4 is 39.1 Å².